The molecule has 3 rings (SSSR count). The summed E-state index contributed by atoms with van der Waals surface area (Å²) in [5.74, 6) is 0. The van der Waals surface area contributed by atoms with Crippen LogP contribution in [-0.2, 0) is 14.8 Å². The maximum absolute atomic E-state index is 12.7. The fraction of sp³-hybridized carbons (Fsp3) is 0.571. The number of aromatic nitrogens is 2. The van der Waals surface area contributed by atoms with Crippen molar-refractivity contribution >= 4 is 32.8 Å². The van der Waals surface area contributed by atoms with Crippen molar-refractivity contribution in [1.29, 1.82) is 0 Å². The smallest absolute Gasteiger partial charge is 0.242 e. The third kappa shape index (κ3) is 3.53. The molecule has 126 valence electrons. The van der Waals surface area contributed by atoms with Crippen LogP contribution < -0.4 is 4.72 Å². The summed E-state index contributed by atoms with van der Waals surface area (Å²) in [5.41, 5.74) is 0.741. The lowest BCUT2D eigenvalue weighted by atomic mass is 10.0. The molecule has 0 amide bonds. The Morgan fingerprint density at radius 2 is 2.04 bits per heavy atom. The van der Waals surface area contributed by atoms with E-state index < -0.39 is 10.0 Å². The molecule has 9 heteroatoms. The van der Waals surface area contributed by atoms with Crippen molar-refractivity contribution in [1.82, 2.24) is 18.4 Å². The Morgan fingerprint density at radius 1 is 1.30 bits per heavy atom. The van der Waals surface area contributed by atoms with Crippen molar-refractivity contribution < 1.29 is 13.2 Å². The van der Waals surface area contributed by atoms with E-state index in [1.165, 1.54) is 0 Å². The lowest BCUT2D eigenvalue weighted by molar-refractivity contribution is -0.00803. The predicted octanol–water partition coefficient (Wildman–Crippen LogP) is 1.08. The van der Waals surface area contributed by atoms with Crippen molar-refractivity contribution in [3.8, 4) is 0 Å². The molecule has 2 aromatic rings. The Bertz CT molecular complexity index is 782. The molecule has 1 aromatic carbocycles. The molecule has 0 atom stereocenters. The van der Waals surface area contributed by atoms with Crippen LogP contribution in [0, 0.1) is 0 Å². The van der Waals surface area contributed by atoms with Gasteiger partial charge in [-0.25, -0.2) is 13.1 Å². The number of hydrogen-bond acceptors (Lipinski definition) is 7. The van der Waals surface area contributed by atoms with Gasteiger partial charge >= 0.3 is 0 Å². The fourth-order valence-corrected chi connectivity index (χ4v) is 4.60. The van der Waals surface area contributed by atoms with Crippen LogP contribution in [0.4, 0.5) is 0 Å². The Labute approximate surface area is 140 Å². The minimum absolute atomic E-state index is 0.182. The summed E-state index contributed by atoms with van der Waals surface area (Å²) in [6.07, 6.45) is 0. The molecule has 1 aromatic heterocycles. The summed E-state index contributed by atoms with van der Waals surface area (Å²) in [6.45, 7) is 7.36. The molecule has 0 radical (unpaired) electrons. The third-order valence-electron chi connectivity index (χ3n) is 4.10. The molecule has 0 aliphatic carbocycles. The van der Waals surface area contributed by atoms with Crippen molar-refractivity contribution in [3.63, 3.8) is 0 Å². The number of morpholine rings is 1. The van der Waals surface area contributed by atoms with Gasteiger partial charge in [-0.05, 0) is 26.0 Å². The predicted molar refractivity (Wildman–Crippen MR) is 89.1 cm³/mol. The van der Waals surface area contributed by atoms with Crippen LogP contribution in [-0.4, -0.2) is 60.5 Å². The number of fused-ring (bicyclic) bond motifs is 1. The summed E-state index contributed by atoms with van der Waals surface area (Å²) >= 11 is 1.02. The Hall–Kier alpha value is -1.13. The van der Waals surface area contributed by atoms with Crippen molar-refractivity contribution in [2.75, 3.05) is 32.8 Å². The summed E-state index contributed by atoms with van der Waals surface area (Å²) < 4.78 is 41.6. The normalized spacial score (nSPS) is 17.7. The standard InChI is InChI=1S/C14H20N4O3S2/c1-14(2,18-6-8-21-9-7-18)10-15-23(19,20)12-5-3-4-11-13(12)17-22-16-11/h3-5,15H,6-10H2,1-2H3. The second-order valence-corrected chi connectivity index (χ2v) is 8.39. The van der Waals surface area contributed by atoms with E-state index in [9.17, 15) is 8.42 Å². The van der Waals surface area contributed by atoms with Crippen LogP contribution in [0.3, 0.4) is 0 Å². The van der Waals surface area contributed by atoms with Gasteiger partial charge in [0, 0.05) is 25.2 Å². The van der Waals surface area contributed by atoms with Crippen molar-refractivity contribution in [2.45, 2.75) is 24.3 Å². The number of hydrogen-bond donors (Lipinski definition) is 1. The maximum Gasteiger partial charge on any atom is 0.242 e. The van der Waals surface area contributed by atoms with Crippen LogP contribution in [0.25, 0.3) is 11.0 Å². The molecule has 1 aliphatic rings. The first-order valence-electron chi connectivity index (χ1n) is 7.44. The molecule has 7 nitrogen and oxygen atoms in total. The van der Waals surface area contributed by atoms with Crippen LogP contribution in [0.1, 0.15) is 13.8 Å². The van der Waals surface area contributed by atoms with E-state index in [-0.39, 0.29) is 10.4 Å². The number of sulfonamides is 1. The SMILES string of the molecule is CC(C)(CNS(=O)(=O)c1cccc2nsnc12)N1CCOCC1. The highest BCUT2D eigenvalue weighted by Crippen LogP contribution is 2.22. The van der Waals surface area contributed by atoms with E-state index in [1.807, 2.05) is 13.8 Å². The molecule has 1 saturated heterocycles. The number of nitrogens with one attached hydrogen (secondary N) is 1. The minimum atomic E-state index is -3.63. The van der Waals surface area contributed by atoms with E-state index in [0.29, 0.717) is 30.8 Å². The third-order valence-corrected chi connectivity index (χ3v) is 6.08. The molecule has 0 saturated carbocycles. The molecule has 0 bridgehead atoms. The van der Waals surface area contributed by atoms with Gasteiger partial charge in [-0.1, -0.05) is 6.07 Å². The number of rotatable bonds is 5. The molecule has 1 aliphatic heterocycles. The highest BCUT2D eigenvalue weighted by Gasteiger charge is 2.30. The molecular formula is C14H20N4O3S2. The first kappa shape index (κ1) is 16.7. The van der Waals surface area contributed by atoms with Gasteiger partial charge in [-0.2, -0.15) is 8.75 Å². The topological polar surface area (TPSA) is 84.4 Å². The minimum Gasteiger partial charge on any atom is -0.379 e. The van der Waals surface area contributed by atoms with E-state index in [2.05, 4.69) is 18.4 Å². The van der Waals surface area contributed by atoms with Crippen LogP contribution in [0.2, 0.25) is 0 Å². The monoisotopic (exact) mass is 356 g/mol. The zero-order chi connectivity index (χ0) is 16.5. The average Bonchev–Trinajstić information content (AvgIpc) is 3.02. The largest absolute Gasteiger partial charge is 0.379 e. The lowest BCUT2D eigenvalue weighted by Gasteiger charge is -2.40. The fourth-order valence-electron chi connectivity index (χ4n) is 2.63. The molecule has 1 N–H and O–H groups in total. The molecule has 1 fully saturated rings. The van der Waals surface area contributed by atoms with Gasteiger partial charge in [-0.15, -0.1) is 0 Å². The van der Waals surface area contributed by atoms with E-state index in [4.69, 9.17) is 4.74 Å². The summed E-state index contributed by atoms with van der Waals surface area (Å²) in [6, 6.07) is 5.01. The Balaban J connectivity index is 1.77. The van der Waals surface area contributed by atoms with Gasteiger partial charge in [0.15, 0.2) is 0 Å². The first-order valence-corrected chi connectivity index (χ1v) is 9.65. The van der Waals surface area contributed by atoms with E-state index >= 15 is 0 Å². The highest BCUT2D eigenvalue weighted by molar-refractivity contribution is 7.89. The van der Waals surface area contributed by atoms with Crippen LogP contribution >= 0.6 is 11.7 Å². The van der Waals surface area contributed by atoms with Crippen molar-refractivity contribution in [3.05, 3.63) is 18.2 Å². The van der Waals surface area contributed by atoms with Gasteiger partial charge in [0.05, 0.1) is 24.9 Å². The molecule has 0 unspecified atom stereocenters. The maximum atomic E-state index is 12.7. The Morgan fingerprint density at radius 3 is 2.78 bits per heavy atom. The second kappa shape index (κ2) is 6.40. The molecular weight excluding hydrogens is 336 g/mol. The second-order valence-electron chi connectivity index (χ2n) is 6.12. The number of benzene rings is 1. The molecule has 2 heterocycles. The van der Waals surface area contributed by atoms with Gasteiger partial charge < -0.3 is 4.74 Å². The summed E-state index contributed by atoms with van der Waals surface area (Å²) in [4.78, 5) is 2.42. The van der Waals surface area contributed by atoms with E-state index in [1.54, 1.807) is 18.2 Å². The highest BCUT2D eigenvalue weighted by atomic mass is 32.2. The first-order chi connectivity index (χ1) is 10.9. The number of ether oxygens (including phenoxy) is 1. The average molecular weight is 356 g/mol. The molecule has 23 heavy (non-hydrogen) atoms. The van der Waals surface area contributed by atoms with Crippen LogP contribution in [0.5, 0.6) is 0 Å². The zero-order valence-electron chi connectivity index (χ0n) is 13.2. The Kier molecular flexibility index (Phi) is 4.65. The van der Waals surface area contributed by atoms with Gasteiger partial charge in [0.2, 0.25) is 10.0 Å². The van der Waals surface area contributed by atoms with Gasteiger partial charge in [0.25, 0.3) is 0 Å². The van der Waals surface area contributed by atoms with E-state index in [0.717, 1.165) is 24.8 Å². The summed E-state index contributed by atoms with van der Waals surface area (Å²) in [7, 11) is -3.63. The number of nitrogens with zero attached hydrogens (tertiary/aromatic N) is 3. The quantitative estimate of drug-likeness (QED) is 0.863. The van der Waals surface area contributed by atoms with Gasteiger partial charge in [-0.3, -0.25) is 4.90 Å². The molecule has 0 spiro atoms. The summed E-state index contributed by atoms with van der Waals surface area (Å²) in [5, 5.41) is 0. The van der Waals surface area contributed by atoms with Crippen molar-refractivity contribution in [2.24, 2.45) is 0 Å². The van der Waals surface area contributed by atoms with Crippen LogP contribution in [0.15, 0.2) is 23.1 Å². The lowest BCUT2D eigenvalue weighted by Crippen LogP contribution is -2.55. The van der Waals surface area contributed by atoms with Gasteiger partial charge in [0.1, 0.15) is 15.9 Å². The zero-order valence-corrected chi connectivity index (χ0v) is 14.8.